The van der Waals surface area contributed by atoms with Gasteiger partial charge in [0.1, 0.15) is 0 Å². The van der Waals surface area contributed by atoms with E-state index < -0.39 is 0 Å². The smallest absolute Gasteiger partial charge is 0.167 e. The van der Waals surface area contributed by atoms with Crippen molar-refractivity contribution in [2.75, 3.05) is 13.1 Å². The number of rotatable bonds is 4. The van der Waals surface area contributed by atoms with E-state index in [-0.39, 0.29) is 5.78 Å². The molecule has 3 rings (SSSR count). The highest BCUT2D eigenvalue weighted by Gasteiger charge is 2.15. The molecule has 0 atom stereocenters. The van der Waals surface area contributed by atoms with Gasteiger partial charge in [-0.25, -0.2) is 0 Å². The van der Waals surface area contributed by atoms with E-state index in [2.05, 4.69) is 29.6 Å². The van der Waals surface area contributed by atoms with Crippen molar-refractivity contribution in [3.8, 4) is 0 Å². The number of nitrogens with one attached hydrogen (secondary N) is 1. The Morgan fingerprint density at radius 1 is 1.00 bits per heavy atom. The van der Waals surface area contributed by atoms with E-state index in [1.165, 1.54) is 18.4 Å². The molecule has 0 amide bonds. The number of carbonyl (C=O) groups excluding carboxylic acids is 1. The Balaban J connectivity index is 1.65. The van der Waals surface area contributed by atoms with Gasteiger partial charge in [0.25, 0.3) is 0 Å². The molecule has 2 nitrogen and oxygen atoms in total. The highest BCUT2D eigenvalue weighted by molar-refractivity contribution is 6.30. The highest BCUT2D eigenvalue weighted by atomic mass is 35.5. The summed E-state index contributed by atoms with van der Waals surface area (Å²) in [5.41, 5.74) is 3.17. The summed E-state index contributed by atoms with van der Waals surface area (Å²) in [6.45, 7) is 2.20. The summed E-state index contributed by atoms with van der Waals surface area (Å²) in [6.07, 6.45) is 2.83. The number of benzene rings is 2. The fourth-order valence-electron chi connectivity index (χ4n) is 2.99. The lowest BCUT2D eigenvalue weighted by atomic mass is 9.89. The summed E-state index contributed by atoms with van der Waals surface area (Å²) in [7, 11) is 0. The maximum atomic E-state index is 12.3. The van der Waals surface area contributed by atoms with Gasteiger partial charge >= 0.3 is 0 Å². The monoisotopic (exact) mass is 313 g/mol. The molecule has 2 aromatic carbocycles. The van der Waals surface area contributed by atoms with E-state index in [0.717, 1.165) is 18.7 Å². The largest absolute Gasteiger partial charge is 0.317 e. The minimum Gasteiger partial charge on any atom is -0.317 e. The molecule has 0 bridgehead atoms. The number of ketones is 1. The molecule has 0 aromatic heterocycles. The van der Waals surface area contributed by atoms with Crippen LogP contribution >= 0.6 is 11.6 Å². The van der Waals surface area contributed by atoms with Crippen LogP contribution in [0, 0.1) is 0 Å². The van der Waals surface area contributed by atoms with Gasteiger partial charge in [0, 0.05) is 17.0 Å². The van der Waals surface area contributed by atoms with Crippen molar-refractivity contribution >= 4 is 17.4 Å². The quantitative estimate of drug-likeness (QED) is 0.856. The molecule has 3 heteroatoms. The molecule has 0 spiro atoms. The van der Waals surface area contributed by atoms with Crippen LogP contribution in [-0.2, 0) is 6.42 Å². The van der Waals surface area contributed by atoms with Crippen LogP contribution < -0.4 is 5.32 Å². The second kappa shape index (κ2) is 7.08. The summed E-state index contributed by atoms with van der Waals surface area (Å²) in [6, 6.07) is 15.6. The second-order valence-electron chi connectivity index (χ2n) is 5.87. The average molecular weight is 314 g/mol. The Morgan fingerprint density at radius 2 is 1.64 bits per heavy atom. The Kier molecular flexibility index (Phi) is 4.91. The topological polar surface area (TPSA) is 29.1 Å². The fraction of sp³-hybridized carbons (Fsp3) is 0.316. The van der Waals surface area contributed by atoms with Crippen LogP contribution in [-0.4, -0.2) is 18.9 Å². The molecule has 1 saturated heterocycles. The molecule has 114 valence electrons. The first-order valence-electron chi connectivity index (χ1n) is 7.81. The third kappa shape index (κ3) is 3.76. The number of carbonyl (C=O) groups is 1. The van der Waals surface area contributed by atoms with E-state index in [4.69, 9.17) is 11.6 Å². The van der Waals surface area contributed by atoms with E-state index in [0.29, 0.717) is 22.9 Å². The van der Waals surface area contributed by atoms with E-state index in [1.54, 1.807) is 24.3 Å². The van der Waals surface area contributed by atoms with E-state index in [9.17, 15) is 4.79 Å². The molecule has 1 fully saturated rings. The molecule has 0 radical (unpaired) electrons. The van der Waals surface area contributed by atoms with Crippen LogP contribution in [0.4, 0.5) is 0 Å². The first-order valence-corrected chi connectivity index (χ1v) is 8.18. The molecule has 0 aliphatic carbocycles. The third-order valence-electron chi connectivity index (χ3n) is 4.32. The van der Waals surface area contributed by atoms with Crippen molar-refractivity contribution in [2.45, 2.75) is 25.2 Å². The maximum Gasteiger partial charge on any atom is 0.167 e. The number of Topliss-reactive ketones (excluding diaryl/α,β-unsaturated/α-hetero) is 1. The summed E-state index contributed by atoms with van der Waals surface area (Å²) < 4.78 is 0. The minimum absolute atomic E-state index is 0.131. The molecular weight excluding hydrogens is 294 g/mol. The average Bonchev–Trinajstić information content (AvgIpc) is 2.57. The van der Waals surface area contributed by atoms with Gasteiger partial charge < -0.3 is 5.32 Å². The molecule has 0 unspecified atom stereocenters. The van der Waals surface area contributed by atoms with Crippen molar-refractivity contribution in [1.29, 1.82) is 0 Å². The fourth-order valence-corrected chi connectivity index (χ4v) is 3.11. The molecule has 1 aliphatic rings. The number of hydrogen-bond donors (Lipinski definition) is 1. The van der Waals surface area contributed by atoms with Gasteiger partial charge in [-0.3, -0.25) is 4.79 Å². The van der Waals surface area contributed by atoms with Crippen LogP contribution in [0.5, 0.6) is 0 Å². The molecule has 22 heavy (non-hydrogen) atoms. The summed E-state index contributed by atoms with van der Waals surface area (Å²) in [5.74, 6) is 0.786. The van der Waals surface area contributed by atoms with Gasteiger partial charge in [0.05, 0.1) is 0 Å². The van der Waals surface area contributed by atoms with Gasteiger partial charge in [-0.1, -0.05) is 35.9 Å². The molecule has 2 aromatic rings. The molecule has 0 saturated carbocycles. The first-order chi connectivity index (χ1) is 10.7. The normalized spacial score (nSPS) is 15.7. The standard InChI is InChI=1S/C19H20ClNO/c20-18-7-5-17(6-8-18)19(22)13-14-1-3-15(4-2-14)16-9-11-21-12-10-16/h1-8,16,21H,9-13H2. The number of halogens is 1. The van der Waals surface area contributed by atoms with Crippen molar-refractivity contribution in [2.24, 2.45) is 0 Å². The van der Waals surface area contributed by atoms with Crippen molar-refractivity contribution in [1.82, 2.24) is 5.32 Å². The minimum atomic E-state index is 0.131. The van der Waals surface area contributed by atoms with Gasteiger partial charge in [0.15, 0.2) is 5.78 Å². The number of hydrogen-bond acceptors (Lipinski definition) is 2. The van der Waals surface area contributed by atoms with Crippen LogP contribution in [0.3, 0.4) is 0 Å². The summed E-state index contributed by atoms with van der Waals surface area (Å²) in [4.78, 5) is 12.3. The van der Waals surface area contributed by atoms with Crippen LogP contribution in [0.2, 0.25) is 5.02 Å². The summed E-state index contributed by atoms with van der Waals surface area (Å²) >= 11 is 5.85. The molecule has 1 N–H and O–H groups in total. The zero-order valence-electron chi connectivity index (χ0n) is 12.5. The van der Waals surface area contributed by atoms with Gasteiger partial charge in [-0.05, 0) is 67.2 Å². The van der Waals surface area contributed by atoms with Gasteiger partial charge in [0.2, 0.25) is 0 Å². The van der Waals surface area contributed by atoms with Crippen LogP contribution in [0.15, 0.2) is 48.5 Å². The predicted molar refractivity (Wildman–Crippen MR) is 90.8 cm³/mol. The lowest BCUT2D eigenvalue weighted by molar-refractivity contribution is 0.0993. The maximum absolute atomic E-state index is 12.3. The Morgan fingerprint density at radius 3 is 2.27 bits per heavy atom. The zero-order valence-corrected chi connectivity index (χ0v) is 13.3. The Labute approximate surface area is 136 Å². The third-order valence-corrected chi connectivity index (χ3v) is 4.57. The van der Waals surface area contributed by atoms with E-state index >= 15 is 0 Å². The Bertz CT molecular complexity index is 627. The van der Waals surface area contributed by atoms with Crippen molar-refractivity contribution in [3.63, 3.8) is 0 Å². The molecular formula is C19H20ClNO. The first kappa shape index (κ1) is 15.3. The van der Waals surface area contributed by atoms with Gasteiger partial charge in [-0.2, -0.15) is 0 Å². The SMILES string of the molecule is O=C(Cc1ccc(C2CCNCC2)cc1)c1ccc(Cl)cc1. The number of piperidine rings is 1. The molecule has 1 aliphatic heterocycles. The zero-order chi connectivity index (χ0) is 15.4. The van der Waals surface area contributed by atoms with Crippen molar-refractivity contribution < 1.29 is 4.79 Å². The second-order valence-corrected chi connectivity index (χ2v) is 6.31. The molecule has 1 heterocycles. The van der Waals surface area contributed by atoms with Crippen LogP contribution in [0.1, 0.15) is 40.2 Å². The summed E-state index contributed by atoms with van der Waals surface area (Å²) in [5, 5.41) is 4.05. The van der Waals surface area contributed by atoms with Crippen molar-refractivity contribution in [3.05, 3.63) is 70.2 Å². The highest BCUT2D eigenvalue weighted by Crippen LogP contribution is 2.25. The lowest BCUT2D eigenvalue weighted by Gasteiger charge is -2.23. The van der Waals surface area contributed by atoms with Gasteiger partial charge in [-0.15, -0.1) is 0 Å². The Hall–Kier alpha value is -1.64. The van der Waals surface area contributed by atoms with Crippen LogP contribution in [0.25, 0.3) is 0 Å². The predicted octanol–water partition coefficient (Wildman–Crippen LogP) is 4.23. The van der Waals surface area contributed by atoms with E-state index in [1.807, 2.05) is 0 Å². The lowest BCUT2D eigenvalue weighted by Crippen LogP contribution is -2.26.